The minimum atomic E-state index is -0.659. The lowest BCUT2D eigenvalue weighted by atomic mass is 9.60. The van der Waals surface area contributed by atoms with E-state index in [4.69, 9.17) is 0 Å². The molecule has 0 amide bonds. The highest BCUT2D eigenvalue weighted by Crippen LogP contribution is 2.49. The van der Waals surface area contributed by atoms with E-state index < -0.39 is 11.6 Å². The molecule has 0 radical (unpaired) electrons. The summed E-state index contributed by atoms with van der Waals surface area (Å²) in [5.41, 5.74) is 0.970. The molecule has 0 spiro atoms. The SMILES string of the molecule is C=CC1CC(O)[C@H]1C(C)(Nc1ncnc2[nH]c(I)cc12)c1ccc(F)cc1. The summed E-state index contributed by atoms with van der Waals surface area (Å²) in [5, 5.41) is 15.0. The minimum Gasteiger partial charge on any atom is -0.393 e. The second kappa shape index (κ2) is 6.87. The van der Waals surface area contributed by atoms with Crippen LogP contribution in [0.15, 0.2) is 49.3 Å². The summed E-state index contributed by atoms with van der Waals surface area (Å²) in [6, 6.07) is 8.38. The Balaban J connectivity index is 1.82. The molecule has 2 aromatic heterocycles. The van der Waals surface area contributed by atoms with Gasteiger partial charge in [0.15, 0.2) is 0 Å². The van der Waals surface area contributed by atoms with E-state index in [1.807, 2.05) is 19.1 Å². The summed E-state index contributed by atoms with van der Waals surface area (Å²) < 4.78 is 14.5. The first-order chi connectivity index (χ1) is 12.9. The van der Waals surface area contributed by atoms with Crippen molar-refractivity contribution in [2.24, 2.45) is 11.8 Å². The van der Waals surface area contributed by atoms with Gasteiger partial charge >= 0.3 is 0 Å². The van der Waals surface area contributed by atoms with E-state index in [0.717, 1.165) is 20.3 Å². The largest absolute Gasteiger partial charge is 0.393 e. The van der Waals surface area contributed by atoms with Crippen LogP contribution in [-0.2, 0) is 5.54 Å². The van der Waals surface area contributed by atoms with Gasteiger partial charge in [-0.1, -0.05) is 18.2 Å². The van der Waals surface area contributed by atoms with Gasteiger partial charge in [0.05, 0.1) is 20.7 Å². The van der Waals surface area contributed by atoms with Crippen molar-refractivity contribution in [1.29, 1.82) is 0 Å². The third-order valence-electron chi connectivity index (χ3n) is 5.57. The van der Waals surface area contributed by atoms with Gasteiger partial charge in [0.2, 0.25) is 0 Å². The standard InChI is InChI=1S/C20H20FIN4O/c1-3-11-8-15(27)17(11)20(2,12-4-6-13(21)7-5-12)26-19-14-9-16(22)25-18(14)23-10-24-19/h3-7,9-11,15,17,27H,1,8H2,2H3,(H2,23,24,25,26)/t11?,15?,17-,20?/m0/s1. The van der Waals surface area contributed by atoms with E-state index in [2.05, 4.69) is 49.4 Å². The summed E-state index contributed by atoms with van der Waals surface area (Å²) >= 11 is 2.20. The number of fused-ring (bicyclic) bond motifs is 1. The van der Waals surface area contributed by atoms with Crippen molar-refractivity contribution in [2.75, 3.05) is 5.32 Å². The van der Waals surface area contributed by atoms with E-state index in [1.165, 1.54) is 18.5 Å². The Morgan fingerprint density at radius 2 is 2.11 bits per heavy atom. The Hall–Kier alpha value is -2.00. The van der Waals surface area contributed by atoms with Gasteiger partial charge in [0.25, 0.3) is 0 Å². The first kappa shape index (κ1) is 18.4. The molecule has 0 aliphatic heterocycles. The number of aliphatic hydroxyl groups is 1. The maximum Gasteiger partial charge on any atom is 0.143 e. The average Bonchev–Trinajstić information content (AvgIpc) is 3.01. The van der Waals surface area contributed by atoms with Gasteiger partial charge in [-0.25, -0.2) is 14.4 Å². The number of halogens is 2. The molecular formula is C20H20FIN4O. The van der Waals surface area contributed by atoms with Crippen LogP contribution in [0.2, 0.25) is 0 Å². The molecule has 7 heteroatoms. The predicted molar refractivity (Wildman–Crippen MR) is 112 cm³/mol. The molecule has 1 aliphatic rings. The van der Waals surface area contributed by atoms with Crippen LogP contribution in [0.4, 0.5) is 10.2 Å². The molecule has 4 rings (SSSR count). The maximum absolute atomic E-state index is 13.5. The topological polar surface area (TPSA) is 73.8 Å². The zero-order valence-corrected chi connectivity index (χ0v) is 16.9. The van der Waals surface area contributed by atoms with E-state index in [1.54, 1.807) is 12.1 Å². The quantitative estimate of drug-likeness (QED) is 0.380. The van der Waals surface area contributed by atoms with Crippen molar-refractivity contribution in [3.05, 3.63) is 64.4 Å². The number of rotatable bonds is 5. The number of benzene rings is 1. The molecule has 140 valence electrons. The first-order valence-corrected chi connectivity index (χ1v) is 9.84. The van der Waals surface area contributed by atoms with Crippen LogP contribution in [0.1, 0.15) is 18.9 Å². The molecule has 4 atom stereocenters. The van der Waals surface area contributed by atoms with Crippen LogP contribution < -0.4 is 5.32 Å². The fourth-order valence-corrected chi connectivity index (χ4v) is 4.68. The first-order valence-electron chi connectivity index (χ1n) is 8.76. The highest BCUT2D eigenvalue weighted by atomic mass is 127. The molecule has 3 unspecified atom stereocenters. The molecule has 1 aromatic carbocycles. The Morgan fingerprint density at radius 3 is 2.78 bits per heavy atom. The van der Waals surface area contributed by atoms with Crippen molar-refractivity contribution in [2.45, 2.75) is 25.0 Å². The van der Waals surface area contributed by atoms with Crippen LogP contribution in [0.3, 0.4) is 0 Å². The second-order valence-corrected chi connectivity index (χ2v) is 8.33. The Kier molecular flexibility index (Phi) is 4.67. The van der Waals surface area contributed by atoms with Gasteiger partial charge in [-0.15, -0.1) is 6.58 Å². The van der Waals surface area contributed by atoms with Crippen molar-refractivity contribution in [3.63, 3.8) is 0 Å². The van der Waals surface area contributed by atoms with Gasteiger partial charge in [0.1, 0.15) is 23.6 Å². The number of hydrogen-bond donors (Lipinski definition) is 3. The molecule has 27 heavy (non-hydrogen) atoms. The average molecular weight is 478 g/mol. The van der Waals surface area contributed by atoms with Gasteiger partial charge in [-0.3, -0.25) is 0 Å². The van der Waals surface area contributed by atoms with Gasteiger partial charge in [0, 0.05) is 5.92 Å². The number of anilines is 1. The molecular weight excluding hydrogens is 458 g/mol. The Labute approximate surface area is 170 Å². The van der Waals surface area contributed by atoms with E-state index in [0.29, 0.717) is 12.2 Å². The third-order valence-corrected chi connectivity index (χ3v) is 6.15. The molecule has 2 heterocycles. The molecule has 3 N–H and O–H groups in total. The van der Waals surface area contributed by atoms with Gasteiger partial charge in [-0.05, 0) is 65.6 Å². The fourth-order valence-electron chi connectivity index (χ4n) is 4.11. The predicted octanol–water partition coefficient (Wildman–Crippen LogP) is 4.21. The monoisotopic (exact) mass is 478 g/mol. The smallest absolute Gasteiger partial charge is 0.143 e. The van der Waals surface area contributed by atoms with Crippen LogP contribution in [0.5, 0.6) is 0 Å². The number of aromatic amines is 1. The minimum absolute atomic E-state index is 0.108. The molecule has 5 nitrogen and oxygen atoms in total. The van der Waals surface area contributed by atoms with Gasteiger partial charge in [-0.2, -0.15) is 0 Å². The number of allylic oxidation sites excluding steroid dienone is 1. The Morgan fingerprint density at radius 1 is 1.37 bits per heavy atom. The molecule has 1 fully saturated rings. The molecule has 1 aliphatic carbocycles. The van der Waals surface area contributed by atoms with E-state index >= 15 is 0 Å². The van der Waals surface area contributed by atoms with Crippen molar-refractivity contribution >= 4 is 39.4 Å². The third kappa shape index (κ3) is 3.12. The molecule has 1 saturated carbocycles. The molecule has 3 aromatic rings. The summed E-state index contributed by atoms with van der Waals surface area (Å²) in [6.07, 6.45) is 3.59. The van der Waals surface area contributed by atoms with Crippen LogP contribution in [0.25, 0.3) is 11.0 Å². The van der Waals surface area contributed by atoms with Crippen LogP contribution in [-0.4, -0.2) is 26.2 Å². The zero-order valence-electron chi connectivity index (χ0n) is 14.8. The molecule has 0 bridgehead atoms. The summed E-state index contributed by atoms with van der Waals surface area (Å²) in [4.78, 5) is 11.9. The van der Waals surface area contributed by atoms with Crippen LogP contribution >= 0.6 is 22.6 Å². The zero-order chi connectivity index (χ0) is 19.2. The second-order valence-electron chi connectivity index (χ2n) is 7.16. The van der Waals surface area contributed by atoms with E-state index in [-0.39, 0.29) is 17.7 Å². The number of aromatic nitrogens is 3. The van der Waals surface area contributed by atoms with Crippen molar-refractivity contribution in [1.82, 2.24) is 15.0 Å². The number of nitrogens with zero attached hydrogens (tertiary/aromatic N) is 2. The lowest BCUT2D eigenvalue weighted by Crippen LogP contribution is -2.55. The maximum atomic E-state index is 13.5. The van der Waals surface area contributed by atoms with Gasteiger partial charge < -0.3 is 15.4 Å². The number of hydrogen-bond acceptors (Lipinski definition) is 4. The number of aliphatic hydroxyl groups excluding tert-OH is 1. The number of nitrogens with one attached hydrogen (secondary N) is 2. The summed E-state index contributed by atoms with van der Waals surface area (Å²) in [7, 11) is 0. The summed E-state index contributed by atoms with van der Waals surface area (Å²) in [6.45, 7) is 5.94. The normalized spacial score (nSPS) is 24.2. The van der Waals surface area contributed by atoms with E-state index in [9.17, 15) is 9.50 Å². The lowest BCUT2D eigenvalue weighted by molar-refractivity contribution is -0.0476. The fraction of sp³-hybridized carbons (Fsp3) is 0.300. The van der Waals surface area contributed by atoms with Crippen LogP contribution in [0, 0.1) is 21.4 Å². The Bertz CT molecular complexity index is 989. The van der Waals surface area contributed by atoms with Crippen molar-refractivity contribution < 1.29 is 9.50 Å². The molecule has 0 saturated heterocycles. The summed E-state index contributed by atoms with van der Waals surface area (Å²) in [5.74, 6) is 0.433. The number of H-pyrrole nitrogens is 1. The lowest BCUT2D eigenvalue weighted by Gasteiger charge is -2.51. The van der Waals surface area contributed by atoms with Crippen molar-refractivity contribution in [3.8, 4) is 0 Å². The highest BCUT2D eigenvalue weighted by Gasteiger charge is 2.51. The highest BCUT2D eigenvalue weighted by molar-refractivity contribution is 14.1.